The van der Waals surface area contributed by atoms with Crippen LogP contribution in [0, 0.1) is 0 Å². The van der Waals surface area contributed by atoms with Crippen molar-refractivity contribution in [3.05, 3.63) is 95.8 Å². The molecule has 0 radical (unpaired) electrons. The van der Waals surface area contributed by atoms with Gasteiger partial charge in [0.15, 0.2) is 0 Å². The molecule has 1 N–H and O–H groups in total. The Bertz CT molecular complexity index is 1020. The minimum Gasteiger partial charge on any atom is -0.346 e. The minimum absolute atomic E-state index is 0.193. The predicted octanol–water partition coefficient (Wildman–Crippen LogP) is 2.98. The number of benzene rings is 2. The molecule has 0 aliphatic rings. The molecule has 0 bridgehead atoms. The third-order valence-corrected chi connectivity index (χ3v) is 5.28. The van der Waals surface area contributed by atoms with Crippen LogP contribution < -0.4 is 9.62 Å². The van der Waals surface area contributed by atoms with E-state index in [1.807, 2.05) is 24.3 Å². The summed E-state index contributed by atoms with van der Waals surface area (Å²) in [5.41, 5.74) is 2.67. The summed E-state index contributed by atoms with van der Waals surface area (Å²) >= 11 is 0. The lowest BCUT2D eigenvalue weighted by molar-refractivity contribution is 0.0950. The highest BCUT2D eigenvalue weighted by molar-refractivity contribution is 7.92. The molecule has 6 nitrogen and oxygen atoms in total. The van der Waals surface area contributed by atoms with Crippen LogP contribution in [0.5, 0.6) is 0 Å². The molecule has 2 aromatic carbocycles. The molecule has 144 valence electrons. The van der Waals surface area contributed by atoms with Gasteiger partial charge in [0.05, 0.1) is 30.7 Å². The van der Waals surface area contributed by atoms with E-state index in [2.05, 4.69) is 10.3 Å². The van der Waals surface area contributed by atoms with E-state index in [0.29, 0.717) is 17.8 Å². The summed E-state index contributed by atoms with van der Waals surface area (Å²) < 4.78 is 25.7. The Kier molecular flexibility index (Phi) is 6.06. The number of sulfonamides is 1. The number of hydrogen-bond acceptors (Lipinski definition) is 4. The first-order valence-corrected chi connectivity index (χ1v) is 10.6. The standard InChI is InChI=1S/C21H21N3O3S/c1-28(26,27)24(20-8-3-2-4-9-20)16-17-10-12-18(13-11-17)21(25)23-15-19-7-5-6-14-22-19/h2-14H,15-16H2,1H3,(H,23,25). The van der Waals surface area contributed by atoms with E-state index in [-0.39, 0.29) is 12.5 Å². The largest absolute Gasteiger partial charge is 0.346 e. The van der Waals surface area contributed by atoms with Gasteiger partial charge in [-0.1, -0.05) is 36.4 Å². The number of aromatic nitrogens is 1. The Labute approximate surface area is 164 Å². The maximum atomic E-state index is 12.3. The zero-order chi connectivity index (χ0) is 20.0. The Morgan fingerprint density at radius 3 is 2.25 bits per heavy atom. The molecule has 3 aromatic rings. The molecular weight excluding hydrogens is 374 g/mol. The van der Waals surface area contributed by atoms with Crippen molar-refractivity contribution in [3.8, 4) is 0 Å². The van der Waals surface area contributed by atoms with Gasteiger partial charge in [0.2, 0.25) is 10.0 Å². The topological polar surface area (TPSA) is 79.4 Å². The lowest BCUT2D eigenvalue weighted by Gasteiger charge is -2.22. The molecule has 0 aliphatic carbocycles. The Hall–Kier alpha value is -3.19. The Balaban J connectivity index is 1.68. The number of carbonyl (C=O) groups excluding carboxylic acids is 1. The van der Waals surface area contributed by atoms with E-state index < -0.39 is 10.0 Å². The molecule has 1 aromatic heterocycles. The monoisotopic (exact) mass is 395 g/mol. The van der Waals surface area contributed by atoms with Crippen LogP contribution in [-0.2, 0) is 23.1 Å². The van der Waals surface area contributed by atoms with Crippen LogP contribution in [0.15, 0.2) is 79.0 Å². The van der Waals surface area contributed by atoms with Gasteiger partial charge >= 0.3 is 0 Å². The smallest absolute Gasteiger partial charge is 0.251 e. The fourth-order valence-electron chi connectivity index (χ4n) is 2.70. The van der Waals surface area contributed by atoms with Crippen molar-refractivity contribution in [2.75, 3.05) is 10.6 Å². The SMILES string of the molecule is CS(=O)(=O)N(Cc1ccc(C(=O)NCc2ccccn2)cc1)c1ccccc1. The molecule has 0 saturated carbocycles. The molecule has 0 atom stereocenters. The molecule has 0 aliphatic heterocycles. The number of para-hydroxylation sites is 1. The van der Waals surface area contributed by atoms with Crippen LogP contribution >= 0.6 is 0 Å². The van der Waals surface area contributed by atoms with Crippen molar-refractivity contribution in [1.82, 2.24) is 10.3 Å². The van der Waals surface area contributed by atoms with Gasteiger partial charge in [0.1, 0.15) is 0 Å². The molecule has 0 unspecified atom stereocenters. The van der Waals surface area contributed by atoms with Crippen molar-refractivity contribution in [3.63, 3.8) is 0 Å². The molecule has 3 rings (SSSR count). The number of hydrogen-bond donors (Lipinski definition) is 1. The van der Waals surface area contributed by atoms with Gasteiger partial charge in [0.25, 0.3) is 5.91 Å². The Morgan fingerprint density at radius 2 is 1.64 bits per heavy atom. The third kappa shape index (κ3) is 5.17. The summed E-state index contributed by atoms with van der Waals surface area (Å²) in [6.07, 6.45) is 2.86. The summed E-state index contributed by atoms with van der Waals surface area (Å²) in [5.74, 6) is -0.208. The van der Waals surface area contributed by atoms with Crippen LogP contribution in [0.2, 0.25) is 0 Å². The number of nitrogens with one attached hydrogen (secondary N) is 1. The molecule has 1 heterocycles. The van der Waals surface area contributed by atoms with E-state index >= 15 is 0 Å². The molecule has 1 amide bonds. The third-order valence-electron chi connectivity index (χ3n) is 4.14. The van der Waals surface area contributed by atoms with Crippen LogP contribution in [0.1, 0.15) is 21.6 Å². The van der Waals surface area contributed by atoms with E-state index in [0.717, 1.165) is 11.3 Å². The fraction of sp³-hybridized carbons (Fsp3) is 0.143. The van der Waals surface area contributed by atoms with Crippen molar-refractivity contribution in [2.24, 2.45) is 0 Å². The lowest BCUT2D eigenvalue weighted by atomic mass is 10.1. The van der Waals surface area contributed by atoms with E-state index in [1.54, 1.807) is 54.7 Å². The summed E-state index contributed by atoms with van der Waals surface area (Å²) in [6, 6.07) is 21.3. The van der Waals surface area contributed by atoms with Gasteiger partial charge in [-0.3, -0.25) is 14.1 Å². The Morgan fingerprint density at radius 1 is 0.964 bits per heavy atom. The van der Waals surface area contributed by atoms with Crippen LogP contribution in [0.4, 0.5) is 5.69 Å². The average Bonchev–Trinajstić information content (AvgIpc) is 2.71. The predicted molar refractivity (Wildman–Crippen MR) is 109 cm³/mol. The number of rotatable bonds is 7. The highest BCUT2D eigenvalue weighted by Crippen LogP contribution is 2.20. The first kappa shape index (κ1) is 19.6. The normalized spacial score (nSPS) is 11.0. The van der Waals surface area contributed by atoms with Crippen LogP contribution in [-0.4, -0.2) is 25.6 Å². The number of anilines is 1. The quantitative estimate of drug-likeness (QED) is 0.667. The lowest BCUT2D eigenvalue weighted by Crippen LogP contribution is -2.29. The molecule has 0 spiro atoms. The first-order valence-electron chi connectivity index (χ1n) is 8.73. The zero-order valence-corrected chi connectivity index (χ0v) is 16.3. The van der Waals surface area contributed by atoms with E-state index in [1.165, 1.54) is 10.6 Å². The fourth-order valence-corrected chi connectivity index (χ4v) is 3.59. The molecule has 0 saturated heterocycles. The van der Waals surface area contributed by atoms with Gasteiger partial charge < -0.3 is 5.32 Å². The second kappa shape index (κ2) is 8.67. The van der Waals surface area contributed by atoms with Crippen molar-refractivity contribution in [2.45, 2.75) is 13.1 Å². The molecule has 28 heavy (non-hydrogen) atoms. The van der Waals surface area contributed by atoms with Crippen LogP contribution in [0.25, 0.3) is 0 Å². The summed E-state index contributed by atoms with van der Waals surface area (Å²) in [4.78, 5) is 16.5. The highest BCUT2D eigenvalue weighted by Gasteiger charge is 2.17. The summed E-state index contributed by atoms with van der Waals surface area (Å²) in [7, 11) is -3.43. The minimum atomic E-state index is -3.43. The summed E-state index contributed by atoms with van der Waals surface area (Å²) in [6.45, 7) is 0.538. The van der Waals surface area contributed by atoms with E-state index in [9.17, 15) is 13.2 Å². The molecule has 0 fully saturated rings. The number of nitrogens with zero attached hydrogens (tertiary/aromatic N) is 2. The van der Waals surface area contributed by atoms with Gasteiger partial charge in [-0.2, -0.15) is 0 Å². The number of amides is 1. The van der Waals surface area contributed by atoms with Crippen molar-refractivity contribution >= 4 is 21.6 Å². The van der Waals surface area contributed by atoms with Gasteiger partial charge in [-0.05, 0) is 42.0 Å². The first-order chi connectivity index (χ1) is 13.4. The van der Waals surface area contributed by atoms with Crippen molar-refractivity contribution < 1.29 is 13.2 Å². The molecule has 7 heteroatoms. The maximum absolute atomic E-state index is 12.3. The second-order valence-electron chi connectivity index (χ2n) is 6.31. The van der Waals surface area contributed by atoms with E-state index in [4.69, 9.17) is 0 Å². The number of carbonyl (C=O) groups is 1. The van der Waals surface area contributed by atoms with Crippen LogP contribution in [0.3, 0.4) is 0 Å². The maximum Gasteiger partial charge on any atom is 0.251 e. The molecular formula is C21H21N3O3S. The zero-order valence-electron chi connectivity index (χ0n) is 15.4. The van der Waals surface area contributed by atoms with Gasteiger partial charge in [-0.25, -0.2) is 8.42 Å². The second-order valence-corrected chi connectivity index (χ2v) is 8.21. The van der Waals surface area contributed by atoms with Gasteiger partial charge in [-0.15, -0.1) is 0 Å². The average molecular weight is 395 g/mol. The van der Waals surface area contributed by atoms with Gasteiger partial charge in [0, 0.05) is 11.8 Å². The van der Waals surface area contributed by atoms with Crippen molar-refractivity contribution in [1.29, 1.82) is 0 Å². The summed E-state index contributed by atoms with van der Waals surface area (Å²) in [5, 5.41) is 2.82. The highest BCUT2D eigenvalue weighted by atomic mass is 32.2. The number of pyridine rings is 1.